The smallest absolute Gasteiger partial charge is 0.220 e. The Hall–Kier alpha value is -1.75. The topological polar surface area (TPSA) is 147 Å². The first-order valence-electron chi connectivity index (χ1n) is 8.00. The fraction of sp³-hybridized carbons (Fsp3) is 0.562. The zero-order chi connectivity index (χ0) is 18.0. The minimum Gasteiger partial charge on any atom is -0.475 e. The monoisotopic (exact) mass is 354 g/mol. The van der Waals surface area contributed by atoms with Gasteiger partial charge in [0.2, 0.25) is 12.2 Å². The van der Waals surface area contributed by atoms with Gasteiger partial charge in [0.15, 0.2) is 0 Å². The SMILES string of the molecule is N[C@H]1[C@H](Oc2ccccc2C2=N[C@H](CO)CO2)O[C@H](CO)[C@@H](O)[C@@H]1O. The Morgan fingerprint density at radius 3 is 2.60 bits per heavy atom. The zero-order valence-electron chi connectivity index (χ0n) is 13.4. The molecule has 2 aliphatic heterocycles. The Bertz CT molecular complexity index is 624. The third-order valence-corrected chi connectivity index (χ3v) is 4.21. The van der Waals surface area contributed by atoms with Crippen molar-refractivity contribution in [1.82, 2.24) is 0 Å². The molecule has 0 unspecified atom stereocenters. The van der Waals surface area contributed by atoms with Gasteiger partial charge in [0.1, 0.15) is 36.7 Å². The molecular formula is C16H22N2O7. The normalized spacial score (nSPS) is 35.2. The minimum atomic E-state index is -1.30. The van der Waals surface area contributed by atoms with Gasteiger partial charge in [0.25, 0.3) is 0 Å². The molecule has 9 heteroatoms. The van der Waals surface area contributed by atoms with Crippen molar-refractivity contribution in [2.75, 3.05) is 19.8 Å². The van der Waals surface area contributed by atoms with Crippen molar-refractivity contribution in [3.8, 4) is 5.75 Å². The van der Waals surface area contributed by atoms with Gasteiger partial charge in [0, 0.05) is 0 Å². The van der Waals surface area contributed by atoms with E-state index in [0.717, 1.165) is 0 Å². The summed E-state index contributed by atoms with van der Waals surface area (Å²) in [6.45, 7) is -0.330. The van der Waals surface area contributed by atoms with Crippen LogP contribution in [0.3, 0.4) is 0 Å². The van der Waals surface area contributed by atoms with Gasteiger partial charge in [-0.25, -0.2) is 4.99 Å². The van der Waals surface area contributed by atoms with Gasteiger partial charge in [0.05, 0.1) is 24.8 Å². The Kier molecular flexibility index (Phi) is 5.52. The molecule has 6 atom stereocenters. The van der Waals surface area contributed by atoms with E-state index in [1.807, 2.05) is 0 Å². The first-order chi connectivity index (χ1) is 12.0. The highest BCUT2D eigenvalue weighted by atomic mass is 16.7. The van der Waals surface area contributed by atoms with Crippen molar-refractivity contribution in [3.05, 3.63) is 29.8 Å². The van der Waals surface area contributed by atoms with Crippen LogP contribution in [0.2, 0.25) is 0 Å². The Morgan fingerprint density at radius 1 is 1.16 bits per heavy atom. The number of nitrogens with zero attached hydrogens (tertiary/aromatic N) is 1. The number of ether oxygens (including phenoxy) is 3. The zero-order valence-corrected chi connectivity index (χ0v) is 13.4. The summed E-state index contributed by atoms with van der Waals surface area (Å²) in [5, 5.41) is 38.3. The summed E-state index contributed by atoms with van der Waals surface area (Å²) in [5.41, 5.74) is 6.44. The van der Waals surface area contributed by atoms with Crippen molar-refractivity contribution >= 4 is 5.90 Å². The predicted octanol–water partition coefficient (Wildman–Crippen LogP) is -2.03. The average Bonchev–Trinajstić information content (AvgIpc) is 3.11. The van der Waals surface area contributed by atoms with Crippen LogP contribution >= 0.6 is 0 Å². The van der Waals surface area contributed by atoms with Crippen LogP contribution in [0.1, 0.15) is 5.56 Å². The molecule has 0 spiro atoms. The molecule has 2 heterocycles. The van der Waals surface area contributed by atoms with E-state index in [1.165, 1.54) is 0 Å². The first kappa shape index (κ1) is 18.1. The molecular weight excluding hydrogens is 332 g/mol. The van der Waals surface area contributed by atoms with Gasteiger partial charge in [-0.3, -0.25) is 0 Å². The lowest BCUT2D eigenvalue weighted by molar-refractivity contribution is -0.239. The molecule has 0 radical (unpaired) electrons. The molecule has 1 aromatic carbocycles. The molecule has 0 aliphatic carbocycles. The third kappa shape index (κ3) is 3.61. The molecule has 1 saturated heterocycles. The first-order valence-corrected chi connectivity index (χ1v) is 8.00. The maximum Gasteiger partial charge on any atom is 0.220 e. The van der Waals surface area contributed by atoms with Crippen LogP contribution in [0, 0.1) is 0 Å². The lowest BCUT2D eigenvalue weighted by Gasteiger charge is -2.40. The van der Waals surface area contributed by atoms with E-state index in [0.29, 0.717) is 17.2 Å². The van der Waals surface area contributed by atoms with Crippen molar-refractivity contribution in [2.45, 2.75) is 36.7 Å². The van der Waals surface area contributed by atoms with Gasteiger partial charge in [-0.15, -0.1) is 0 Å². The number of aliphatic imine (C=N–C) groups is 1. The van der Waals surface area contributed by atoms with E-state index in [-0.39, 0.29) is 19.3 Å². The van der Waals surface area contributed by atoms with E-state index < -0.39 is 37.3 Å². The molecule has 0 bridgehead atoms. The second-order valence-corrected chi connectivity index (χ2v) is 5.98. The molecule has 3 rings (SSSR count). The lowest BCUT2D eigenvalue weighted by Crippen LogP contribution is -2.63. The van der Waals surface area contributed by atoms with Crippen LogP contribution in [0.25, 0.3) is 0 Å². The maximum absolute atomic E-state index is 10.0. The summed E-state index contributed by atoms with van der Waals surface area (Å²) < 4.78 is 16.7. The fourth-order valence-corrected chi connectivity index (χ4v) is 2.74. The van der Waals surface area contributed by atoms with Crippen LogP contribution in [0.5, 0.6) is 5.75 Å². The number of hydrogen-bond acceptors (Lipinski definition) is 9. The van der Waals surface area contributed by atoms with E-state index in [2.05, 4.69) is 4.99 Å². The summed E-state index contributed by atoms with van der Waals surface area (Å²) in [4.78, 5) is 4.27. The predicted molar refractivity (Wildman–Crippen MR) is 86.2 cm³/mol. The van der Waals surface area contributed by atoms with Crippen molar-refractivity contribution in [1.29, 1.82) is 0 Å². The number of nitrogens with two attached hydrogens (primary N) is 1. The Balaban J connectivity index is 1.81. The van der Waals surface area contributed by atoms with Gasteiger partial charge in [-0.2, -0.15) is 0 Å². The minimum absolute atomic E-state index is 0.120. The molecule has 0 saturated carbocycles. The highest BCUT2D eigenvalue weighted by Crippen LogP contribution is 2.27. The molecule has 0 amide bonds. The summed E-state index contributed by atoms with van der Waals surface area (Å²) in [6, 6.07) is 5.57. The summed E-state index contributed by atoms with van der Waals surface area (Å²) in [6.07, 6.45) is -4.69. The van der Waals surface area contributed by atoms with E-state index in [1.54, 1.807) is 24.3 Å². The highest BCUT2D eigenvalue weighted by Gasteiger charge is 2.44. The number of benzene rings is 1. The van der Waals surface area contributed by atoms with Crippen LogP contribution in [0.4, 0.5) is 0 Å². The third-order valence-electron chi connectivity index (χ3n) is 4.21. The molecule has 9 nitrogen and oxygen atoms in total. The molecule has 1 aromatic rings. The molecule has 2 aliphatic rings. The Morgan fingerprint density at radius 2 is 1.92 bits per heavy atom. The van der Waals surface area contributed by atoms with Crippen molar-refractivity contribution < 1.29 is 34.6 Å². The number of rotatable bonds is 5. The van der Waals surface area contributed by atoms with E-state index in [4.69, 9.17) is 19.9 Å². The van der Waals surface area contributed by atoms with Gasteiger partial charge in [-0.05, 0) is 12.1 Å². The van der Waals surface area contributed by atoms with Gasteiger partial charge in [-0.1, -0.05) is 12.1 Å². The van der Waals surface area contributed by atoms with E-state index in [9.17, 15) is 20.4 Å². The summed E-state index contributed by atoms with van der Waals surface area (Å²) in [7, 11) is 0. The Labute approximate surface area is 144 Å². The quantitative estimate of drug-likeness (QED) is 0.407. The van der Waals surface area contributed by atoms with Crippen LogP contribution < -0.4 is 10.5 Å². The lowest BCUT2D eigenvalue weighted by atomic mass is 9.98. The van der Waals surface area contributed by atoms with Crippen LogP contribution in [-0.4, -0.2) is 82.8 Å². The highest BCUT2D eigenvalue weighted by molar-refractivity contribution is 5.97. The van der Waals surface area contributed by atoms with Crippen LogP contribution in [0.15, 0.2) is 29.3 Å². The summed E-state index contributed by atoms with van der Waals surface area (Å²) in [5.74, 6) is 0.693. The molecule has 1 fully saturated rings. The molecule has 25 heavy (non-hydrogen) atoms. The molecule has 138 valence electrons. The summed E-state index contributed by atoms with van der Waals surface area (Å²) >= 11 is 0. The fourth-order valence-electron chi connectivity index (χ4n) is 2.74. The molecule has 0 aromatic heterocycles. The standard InChI is InChI=1S/C16H22N2O7/c17-12-14(22)13(21)11(6-20)25-16(12)24-10-4-2-1-3-9(10)15-18-8(5-19)7-23-15/h1-4,8,11-14,16,19-22H,5-7,17H2/t8-,11-,12-,13-,14-,16-/m1/s1. The van der Waals surface area contributed by atoms with Gasteiger partial charge < -0.3 is 40.4 Å². The maximum atomic E-state index is 10.0. The van der Waals surface area contributed by atoms with Gasteiger partial charge >= 0.3 is 0 Å². The van der Waals surface area contributed by atoms with Crippen molar-refractivity contribution in [3.63, 3.8) is 0 Å². The van der Waals surface area contributed by atoms with Crippen molar-refractivity contribution in [2.24, 2.45) is 10.7 Å². The second kappa shape index (κ2) is 7.65. The van der Waals surface area contributed by atoms with E-state index >= 15 is 0 Å². The van der Waals surface area contributed by atoms with Crippen LogP contribution in [-0.2, 0) is 9.47 Å². The number of para-hydroxylation sites is 1. The number of hydrogen-bond donors (Lipinski definition) is 5. The average molecular weight is 354 g/mol. The number of aliphatic hydroxyl groups is 4. The second-order valence-electron chi connectivity index (χ2n) is 5.98. The largest absolute Gasteiger partial charge is 0.475 e. The molecule has 6 N–H and O–H groups in total. The number of aliphatic hydroxyl groups excluding tert-OH is 4.